The fraction of sp³-hybridized carbons (Fsp3) is 0.643. The van der Waals surface area contributed by atoms with Gasteiger partial charge in [0, 0.05) is 17.8 Å². The first-order valence-corrected chi connectivity index (χ1v) is 20.6. The Hall–Kier alpha value is -0.901. The number of hydrogen-bond donors (Lipinski definition) is 0. The topological polar surface area (TPSA) is 25.8 Å². The van der Waals surface area contributed by atoms with Crippen molar-refractivity contribution in [3.8, 4) is 0 Å². The minimum Gasteiger partial charge on any atom is -0.261 e. The molecule has 0 radical (unpaired) electrons. The number of pyridine rings is 2. The number of aromatic nitrogens is 2. The first kappa shape index (κ1) is 24.7. The summed E-state index contributed by atoms with van der Waals surface area (Å²) < 4.78 is 6.22. The van der Waals surface area contributed by atoms with E-state index in [0.717, 1.165) is 11.8 Å². The molecule has 4 rings (SSSR count). The molecule has 170 valence electrons. The van der Waals surface area contributed by atoms with Crippen LogP contribution in [0.25, 0.3) is 0 Å². The van der Waals surface area contributed by atoms with Crippen LogP contribution in [-0.2, 0) is 0 Å². The van der Waals surface area contributed by atoms with Gasteiger partial charge in [0.2, 0.25) is 0 Å². The van der Waals surface area contributed by atoms with Crippen molar-refractivity contribution in [1.82, 2.24) is 9.97 Å². The van der Waals surface area contributed by atoms with Gasteiger partial charge in [0.25, 0.3) is 0 Å². The molecule has 0 unspecified atom stereocenters. The molecule has 2 nitrogen and oxygen atoms in total. The summed E-state index contributed by atoms with van der Waals surface area (Å²) in [5.74, 6) is 1.60. The Bertz CT molecular complexity index is 731. The van der Waals surface area contributed by atoms with Crippen molar-refractivity contribution in [3.05, 3.63) is 54.0 Å². The Morgan fingerprint density at radius 1 is 0.710 bits per heavy atom. The van der Waals surface area contributed by atoms with Gasteiger partial charge in [-0.2, -0.15) is 0 Å². The van der Waals surface area contributed by atoms with Crippen molar-refractivity contribution in [2.45, 2.75) is 110 Å². The SMILES string of the molecule is CCC[CH2][Sn]([CH2]CCC)([CH2]CCC)[c]1cccc(C2CC2)n1.c1ccc(C2CC2)nc1. The number of hydrogen-bond acceptors (Lipinski definition) is 2. The third kappa shape index (κ3) is 7.87. The van der Waals surface area contributed by atoms with E-state index in [1.54, 1.807) is 3.71 Å². The molecule has 0 atom stereocenters. The number of unbranched alkanes of at least 4 members (excludes halogenated alkanes) is 3. The van der Waals surface area contributed by atoms with Crippen molar-refractivity contribution >= 4 is 22.1 Å². The maximum Gasteiger partial charge on any atom is 0.0434 e. The smallest absolute Gasteiger partial charge is 0.0434 e. The van der Waals surface area contributed by atoms with Crippen LogP contribution in [0.3, 0.4) is 0 Å². The molecule has 0 saturated heterocycles. The van der Waals surface area contributed by atoms with Crippen LogP contribution >= 0.6 is 0 Å². The minimum atomic E-state index is -2.28. The molecular weight excluding hydrogens is 483 g/mol. The molecule has 0 spiro atoms. The summed E-state index contributed by atoms with van der Waals surface area (Å²) in [7, 11) is 0. The van der Waals surface area contributed by atoms with E-state index in [1.165, 1.54) is 88.9 Å². The second-order valence-electron chi connectivity index (χ2n) is 9.84. The molecule has 0 aromatic carbocycles. The van der Waals surface area contributed by atoms with Crippen molar-refractivity contribution in [1.29, 1.82) is 0 Å². The Labute approximate surface area is 195 Å². The van der Waals surface area contributed by atoms with Crippen LogP contribution in [0, 0.1) is 0 Å². The van der Waals surface area contributed by atoms with Gasteiger partial charge < -0.3 is 0 Å². The van der Waals surface area contributed by atoms with Gasteiger partial charge in [-0.05, 0) is 25.0 Å². The van der Waals surface area contributed by atoms with E-state index < -0.39 is 18.4 Å². The maximum atomic E-state index is 5.26. The molecule has 3 heteroatoms. The third-order valence-electron chi connectivity index (χ3n) is 7.02. The fourth-order valence-corrected chi connectivity index (χ4v) is 20.1. The van der Waals surface area contributed by atoms with Gasteiger partial charge in [0.1, 0.15) is 0 Å². The monoisotopic (exact) mass is 528 g/mol. The van der Waals surface area contributed by atoms with Gasteiger partial charge in [-0.1, -0.05) is 6.07 Å². The summed E-state index contributed by atoms with van der Waals surface area (Å²) in [4.78, 5) is 9.50. The number of nitrogens with zero attached hydrogens (tertiary/aromatic N) is 2. The summed E-state index contributed by atoms with van der Waals surface area (Å²) in [5.41, 5.74) is 2.69. The standard InChI is InChI=1S/C8H9N.C8H8N.3C4H9.Sn/c2*1-2-6-9-8(3-1)7-4-5-7;3*1-3-4-2;/h1-3,6-7H,4-5H2;1-3,7H,4-5H2;3*1,3-4H2,2H3;. The quantitative estimate of drug-likeness (QED) is 0.262. The van der Waals surface area contributed by atoms with Gasteiger partial charge in [-0.15, -0.1) is 0 Å². The van der Waals surface area contributed by atoms with Crippen molar-refractivity contribution < 1.29 is 0 Å². The Morgan fingerprint density at radius 2 is 1.26 bits per heavy atom. The van der Waals surface area contributed by atoms with Gasteiger partial charge in [0.15, 0.2) is 0 Å². The van der Waals surface area contributed by atoms with E-state index in [4.69, 9.17) is 4.98 Å². The van der Waals surface area contributed by atoms with Crippen molar-refractivity contribution in [2.24, 2.45) is 0 Å². The minimum absolute atomic E-state index is 0.797. The van der Waals surface area contributed by atoms with Gasteiger partial charge in [0.05, 0.1) is 0 Å². The van der Waals surface area contributed by atoms with Crippen LogP contribution in [0.15, 0.2) is 42.6 Å². The van der Waals surface area contributed by atoms with E-state index in [9.17, 15) is 0 Å². The van der Waals surface area contributed by atoms with E-state index in [-0.39, 0.29) is 0 Å². The summed E-state index contributed by atoms with van der Waals surface area (Å²) in [6.45, 7) is 7.05. The molecule has 2 aliphatic rings. The van der Waals surface area contributed by atoms with E-state index in [2.05, 4.69) is 56.1 Å². The van der Waals surface area contributed by atoms with Gasteiger partial charge in [-0.3, -0.25) is 4.98 Å². The predicted octanol–water partition coefficient (Wildman–Crippen LogP) is 7.97. The van der Waals surface area contributed by atoms with Crippen LogP contribution in [-0.4, -0.2) is 28.3 Å². The van der Waals surface area contributed by atoms with Crippen LogP contribution in [0.2, 0.25) is 13.3 Å². The molecule has 2 aromatic rings. The maximum absolute atomic E-state index is 5.26. The molecular formula is C28H44N2Sn. The zero-order valence-corrected chi connectivity index (χ0v) is 23.1. The van der Waals surface area contributed by atoms with Crippen molar-refractivity contribution in [2.75, 3.05) is 0 Å². The zero-order chi connectivity index (χ0) is 21.9. The normalized spacial score (nSPS) is 16.0. The van der Waals surface area contributed by atoms with Crippen LogP contribution in [0.4, 0.5) is 0 Å². The summed E-state index contributed by atoms with van der Waals surface area (Å²) in [6, 6.07) is 13.2. The molecule has 0 N–H and O–H groups in total. The Balaban J connectivity index is 0.000000248. The van der Waals surface area contributed by atoms with Gasteiger partial charge >= 0.3 is 142 Å². The fourth-order valence-electron chi connectivity index (χ4n) is 4.65. The van der Waals surface area contributed by atoms with Crippen LogP contribution < -0.4 is 3.71 Å². The molecule has 2 aromatic heterocycles. The molecule has 2 heterocycles. The second kappa shape index (κ2) is 13.0. The van der Waals surface area contributed by atoms with Crippen molar-refractivity contribution in [3.63, 3.8) is 0 Å². The molecule has 0 aliphatic heterocycles. The van der Waals surface area contributed by atoms with Crippen LogP contribution in [0.5, 0.6) is 0 Å². The molecule has 0 amide bonds. The first-order chi connectivity index (χ1) is 15.2. The second-order valence-corrected chi connectivity index (χ2v) is 22.9. The summed E-state index contributed by atoms with van der Waals surface area (Å²) in [5, 5.41) is 0. The molecule has 2 aliphatic carbocycles. The molecule has 0 bridgehead atoms. The Morgan fingerprint density at radius 3 is 1.74 bits per heavy atom. The predicted molar refractivity (Wildman–Crippen MR) is 137 cm³/mol. The van der Waals surface area contributed by atoms with Gasteiger partial charge in [-0.25, -0.2) is 0 Å². The Kier molecular flexibility index (Phi) is 10.3. The summed E-state index contributed by atoms with van der Waals surface area (Å²) >= 11 is -2.28. The average Bonchev–Trinajstić information content (AvgIpc) is 3.73. The average molecular weight is 527 g/mol. The number of rotatable bonds is 12. The zero-order valence-electron chi connectivity index (χ0n) is 20.3. The largest absolute Gasteiger partial charge is 0.261 e. The molecule has 2 saturated carbocycles. The van der Waals surface area contributed by atoms with E-state index >= 15 is 0 Å². The van der Waals surface area contributed by atoms with E-state index in [0.29, 0.717) is 0 Å². The molecule has 2 fully saturated rings. The van der Waals surface area contributed by atoms with E-state index in [1.807, 2.05) is 12.3 Å². The summed E-state index contributed by atoms with van der Waals surface area (Å²) in [6.07, 6.45) is 15.6. The first-order valence-electron chi connectivity index (χ1n) is 13.1. The molecule has 31 heavy (non-hydrogen) atoms. The third-order valence-corrected chi connectivity index (χ3v) is 22.1. The van der Waals surface area contributed by atoms with Crippen LogP contribution in [0.1, 0.15) is 108 Å².